The normalized spacial score (nSPS) is 10.7. The van der Waals surface area contributed by atoms with E-state index in [1.807, 2.05) is 41.9 Å². The number of anilines is 1. The van der Waals surface area contributed by atoms with E-state index in [0.29, 0.717) is 22.6 Å². The monoisotopic (exact) mass is 399 g/mol. The van der Waals surface area contributed by atoms with Crippen LogP contribution in [-0.4, -0.2) is 21.1 Å². The Kier molecular flexibility index (Phi) is 5.30. The van der Waals surface area contributed by atoms with Crippen molar-refractivity contribution in [3.05, 3.63) is 95.4 Å². The maximum atomic E-state index is 12.8. The molecule has 0 radical (unpaired) electrons. The molecule has 0 atom stereocenters. The molecule has 0 fully saturated rings. The molecule has 0 spiro atoms. The molecular weight excluding hydrogens is 378 g/mol. The Balaban J connectivity index is 1.49. The van der Waals surface area contributed by atoms with Crippen LogP contribution in [0.2, 0.25) is 0 Å². The molecule has 6 nitrogen and oxygen atoms in total. The lowest BCUT2D eigenvalue weighted by Gasteiger charge is -2.11. The van der Waals surface area contributed by atoms with Gasteiger partial charge in [0.1, 0.15) is 18.0 Å². The third-order valence-corrected chi connectivity index (χ3v) is 4.78. The number of nitrogens with one attached hydrogen (secondary N) is 1. The van der Waals surface area contributed by atoms with Gasteiger partial charge in [-0.25, -0.2) is 4.98 Å². The second-order valence-electron chi connectivity index (χ2n) is 7.03. The van der Waals surface area contributed by atoms with Crippen LogP contribution in [-0.2, 0) is 6.61 Å². The smallest absolute Gasteiger partial charge is 0.259 e. The summed E-state index contributed by atoms with van der Waals surface area (Å²) in [5, 5.41) is 2.84. The number of aryl methyl sites for hydroxylation is 1. The molecule has 0 bridgehead atoms. The highest BCUT2D eigenvalue weighted by Gasteiger charge is 2.14. The number of carbonyl (C=O) groups excluding carboxylic acids is 2. The number of benzene rings is 2. The molecule has 2 aromatic carbocycles. The minimum atomic E-state index is -0.285. The molecule has 30 heavy (non-hydrogen) atoms. The third kappa shape index (κ3) is 4.07. The molecule has 0 unspecified atom stereocenters. The van der Waals surface area contributed by atoms with Crippen LogP contribution in [0.1, 0.15) is 38.9 Å². The lowest BCUT2D eigenvalue weighted by molar-refractivity contribution is 0.101. The summed E-state index contributed by atoms with van der Waals surface area (Å²) < 4.78 is 7.88. The Morgan fingerprint density at radius 2 is 1.80 bits per heavy atom. The molecule has 150 valence electrons. The van der Waals surface area contributed by atoms with E-state index in [1.54, 1.807) is 42.5 Å². The first-order valence-electron chi connectivity index (χ1n) is 9.58. The Morgan fingerprint density at radius 1 is 1.03 bits per heavy atom. The van der Waals surface area contributed by atoms with Gasteiger partial charge in [-0.05, 0) is 61.9 Å². The van der Waals surface area contributed by atoms with E-state index < -0.39 is 0 Å². The van der Waals surface area contributed by atoms with Gasteiger partial charge in [-0.3, -0.25) is 9.59 Å². The van der Waals surface area contributed by atoms with Crippen LogP contribution < -0.4 is 10.1 Å². The van der Waals surface area contributed by atoms with Crippen molar-refractivity contribution in [3.63, 3.8) is 0 Å². The highest BCUT2D eigenvalue weighted by molar-refractivity contribution is 6.06. The number of ketones is 1. The van der Waals surface area contributed by atoms with Crippen molar-refractivity contribution in [3.8, 4) is 5.75 Å². The zero-order chi connectivity index (χ0) is 21.1. The molecule has 2 aromatic heterocycles. The Bertz CT molecular complexity index is 1230. The zero-order valence-electron chi connectivity index (χ0n) is 16.8. The van der Waals surface area contributed by atoms with Crippen LogP contribution in [0.4, 0.5) is 5.69 Å². The molecule has 2 heterocycles. The first kappa shape index (κ1) is 19.4. The molecule has 6 heteroatoms. The minimum absolute atomic E-state index is 0.0197. The number of pyridine rings is 1. The first-order chi connectivity index (χ1) is 14.5. The highest BCUT2D eigenvalue weighted by Crippen LogP contribution is 2.21. The van der Waals surface area contributed by atoms with Gasteiger partial charge in [0, 0.05) is 23.6 Å². The summed E-state index contributed by atoms with van der Waals surface area (Å²) in [4.78, 5) is 28.8. The van der Waals surface area contributed by atoms with Crippen LogP contribution in [0.25, 0.3) is 5.65 Å². The fraction of sp³-hybridized carbons (Fsp3) is 0.125. The van der Waals surface area contributed by atoms with E-state index in [0.717, 1.165) is 16.9 Å². The van der Waals surface area contributed by atoms with Gasteiger partial charge in [0.25, 0.3) is 5.91 Å². The number of Topliss-reactive ketones (excluding diaryl/α,β-unsaturated/α-hetero) is 1. The molecule has 0 aliphatic heterocycles. The molecule has 0 saturated carbocycles. The quantitative estimate of drug-likeness (QED) is 0.478. The van der Waals surface area contributed by atoms with Gasteiger partial charge >= 0.3 is 0 Å². The van der Waals surface area contributed by atoms with Gasteiger partial charge in [0.2, 0.25) is 0 Å². The number of imidazole rings is 1. The summed E-state index contributed by atoms with van der Waals surface area (Å²) in [6.45, 7) is 3.76. The van der Waals surface area contributed by atoms with Gasteiger partial charge in [-0.2, -0.15) is 0 Å². The van der Waals surface area contributed by atoms with Crippen LogP contribution in [0, 0.1) is 6.92 Å². The topological polar surface area (TPSA) is 72.7 Å². The number of rotatable bonds is 6. The van der Waals surface area contributed by atoms with Gasteiger partial charge < -0.3 is 14.5 Å². The van der Waals surface area contributed by atoms with Crippen LogP contribution in [0.3, 0.4) is 0 Å². The number of amides is 1. The van der Waals surface area contributed by atoms with E-state index in [1.165, 1.54) is 6.92 Å². The van der Waals surface area contributed by atoms with Crippen molar-refractivity contribution in [2.24, 2.45) is 0 Å². The zero-order valence-corrected chi connectivity index (χ0v) is 16.8. The fourth-order valence-corrected chi connectivity index (χ4v) is 3.19. The first-order valence-corrected chi connectivity index (χ1v) is 9.58. The van der Waals surface area contributed by atoms with Crippen molar-refractivity contribution in [1.29, 1.82) is 0 Å². The SMILES string of the molecule is CC(=O)c1ccc(NC(=O)c2ccccc2OCc2cn3cccc(C)c3n2)cc1. The number of aromatic nitrogens is 2. The fourth-order valence-electron chi connectivity index (χ4n) is 3.19. The van der Waals surface area contributed by atoms with Crippen LogP contribution in [0.15, 0.2) is 73.1 Å². The minimum Gasteiger partial charge on any atom is -0.486 e. The number of nitrogens with zero attached hydrogens (tertiary/aromatic N) is 2. The summed E-state index contributed by atoms with van der Waals surface area (Å²) in [7, 11) is 0. The second-order valence-corrected chi connectivity index (χ2v) is 7.03. The predicted octanol–water partition coefficient (Wildman–Crippen LogP) is 4.68. The predicted molar refractivity (Wildman–Crippen MR) is 115 cm³/mol. The molecule has 1 amide bonds. The molecule has 4 rings (SSSR count). The van der Waals surface area contributed by atoms with E-state index >= 15 is 0 Å². The maximum Gasteiger partial charge on any atom is 0.259 e. The van der Waals surface area contributed by atoms with Crippen molar-refractivity contribution < 1.29 is 14.3 Å². The molecule has 0 aliphatic carbocycles. The molecular formula is C24H21N3O3. The van der Waals surface area contributed by atoms with Crippen molar-refractivity contribution in [1.82, 2.24) is 9.38 Å². The molecule has 4 aromatic rings. The standard InChI is InChI=1S/C24H21N3O3/c1-16-6-5-13-27-14-20(25-23(16)27)15-30-22-8-4-3-7-21(22)24(29)26-19-11-9-18(10-12-19)17(2)28/h3-14H,15H2,1-2H3,(H,26,29). The van der Waals surface area contributed by atoms with Gasteiger partial charge in [-0.15, -0.1) is 0 Å². The van der Waals surface area contributed by atoms with Crippen molar-refractivity contribution >= 4 is 23.0 Å². The average Bonchev–Trinajstić information content (AvgIpc) is 3.17. The number of fused-ring (bicyclic) bond motifs is 1. The summed E-state index contributed by atoms with van der Waals surface area (Å²) in [6.07, 6.45) is 3.86. The molecule has 1 N–H and O–H groups in total. The van der Waals surface area contributed by atoms with Gasteiger partial charge in [0.15, 0.2) is 5.78 Å². The number of para-hydroxylation sites is 1. The summed E-state index contributed by atoms with van der Waals surface area (Å²) >= 11 is 0. The van der Waals surface area contributed by atoms with E-state index in [-0.39, 0.29) is 18.3 Å². The van der Waals surface area contributed by atoms with Gasteiger partial charge in [-0.1, -0.05) is 18.2 Å². The third-order valence-electron chi connectivity index (χ3n) is 4.78. The lowest BCUT2D eigenvalue weighted by Crippen LogP contribution is -2.13. The summed E-state index contributed by atoms with van der Waals surface area (Å²) in [5.74, 6) is 0.171. The van der Waals surface area contributed by atoms with E-state index in [4.69, 9.17) is 4.74 Å². The van der Waals surface area contributed by atoms with Crippen molar-refractivity contribution in [2.75, 3.05) is 5.32 Å². The largest absolute Gasteiger partial charge is 0.486 e. The summed E-state index contributed by atoms with van der Waals surface area (Å²) in [6, 6.07) is 17.8. The summed E-state index contributed by atoms with van der Waals surface area (Å²) in [5.41, 5.74) is 4.37. The maximum absolute atomic E-state index is 12.8. The number of ether oxygens (including phenoxy) is 1. The van der Waals surface area contributed by atoms with Crippen LogP contribution >= 0.6 is 0 Å². The number of hydrogen-bond acceptors (Lipinski definition) is 4. The second kappa shape index (κ2) is 8.21. The van der Waals surface area contributed by atoms with Crippen molar-refractivity contribution in [2.45, 2.75) is 20.5 Å². The number of carbonyl (C=O) groups is 2. The van der Waals surface area contributed by atoms with Crippen LogP contribution in [0.5, 0.6) is 5.75 Å². The Morgan fingerprint density at radius 3 is 2.53 bits per heavy atom. The Labute approximate surface area is 174 Å². The average molecular weight is 399 g/mol. The molecule has 0 aliphatic rings. The van der Waals surface area contributed by atoms with Gasteiger partial charge in [0.05, 0.1) is 11.3 Å². The molecule has 0 saturated heterocycles. The van der Waals surface area contributed by atoms with E-state index in [2.05, 4.69) is 10.3 Å². The van der Waals surface area contributed by atoms with E-state index in [9.17, 15) is 9.59 Å². The number of hydrogen-bond donors (Lipinski definition) is 1. The lowest BCUT2D eigenvalue weighted by atomic mass is 10.1. The Hall–Kier alpha value is -3.93. The highest BCUT2D eigenvalue weighted by atomic mass is 16.5.